The van der Waals surface area contributed by atoms with Crippen LogP contribution in [0, 0.1) is 5.82 Å². The van der Waals surface area contributed by atoms with Gasteiger partial charge in [0, 0.05) is 6.42 Å². The summed E-state index contributed by atoms with van der Waals surface area (Å²) >= 11 is 0. The molecule has 15 heavy (non-hydrogen) atoms. The van der Waals surface area contributed by atoms with Crippen LogP contribution in [0.1, 0.15) is 18.9 Å². The normalized spacial score (nSPS) is 12.5. The Balaban J connectivity index is 2.70. The molecule has 0 aliphatic carbocycles. The summed E-state index contributed by atoms with van der Waals surface area (Å²) in [7, 11) is 1.75. The Morgan fingerprint density at radius 2 is 2.27 bits per heavy atom. The molecule has 0 amide bonds. The smallest absolute Gasteiger partial charge is 0.149 e. The summed E-state index contributed by atoms with van der Waals surface area (Å²) in [5.41, 5.74) is 0.844. The first kappa shape index (κ1) is 11.9. The Bertz CT molecular complexity index is 338. The molecule has 0 aromatic heterocycles. The lowest BCUT2D eigenvalue weighted by Gasteiger charge is -2.13. The van der Waals surface area contributed by atoms with Crippen molar-refractivity contribution >= 4 is 5.78 Å². The van der Waals surface area contributed by atoms with Gasteiger partial charge < -0.3 is 5.32 Å². The first-order valence-corrected chi connectivity index (χ1v) is 5.11. The van der Waals surface area contributed by atoms with Gasteiger partial charge in [-0.25, -0.2) is 4.39 Å². The second kappa shape index (κ2) is 5.61. The van der Waals surface area contributed by atoms with E-state index >= 15 is 0 Å². The number of benzene rings is 1. The van der Waals surface area contributed by atoms with Crippen LogP contribution in [0.4, 0.5) is 4.39 Å². The summed E-state index contributed by atoms with van der Waals surface area (Å²) in [5.74, 6) is -0.104. The molecular formula is C12H16FNO. The molecule has 0 heterocycles. The van der Waals surface area contributed by atoms with E-state index in [0.717, 1.165) is 5.56 Å². The Labute approximate surface area is 89.5 Å². The van der Waals surface area contributed by atoms with E-state index in [1.54, 1.807) is 13.1 Å². The summed E-state index contributed by atoms with van der Waals surface area (Å²) in [6.45, 7) is 1.83. The number of halogens is 1. The van der Waals surface area contributed by atoms with Gasteiger partial charge in [0.1, 0.15) is 11.6 Å². The van der Waals surface area contributed by atoms with E-state index in [0.29, 0.717) is 12.8 Å². The zero-order valence-corrected chi connectivity index (χ0v) is 9.09. The van der Waals surface area contributed by atoms with Crippen molar-refractivity contribution in [3.8, 4) is 0 Å². The maximum Gasteiger partial charge on any atom is 0.149 e. The van der Waals surface area contributed by atoms with Gasteiger partial charge in [-0.05, 0) is 31.2 Å². The standard InChI is InChI=1S/C12H16FNO/c1-3-12(15)11(14-2)8-9-5-4-6-10(13)7-9/h4-7,11,14H,3,8H2,1-2H3/t11-/m1/s1. The van der Waals surface area contributed by atoms with E-state index in [4.69, 9.17) is 0 Å². The fourth-order valence-electron chi connectivity index (χ4n) is 1.52. The lowest BCUT2D eigenvalue weighted by atomic mass is 10.0. The topological polar surface area (TPSA) is 29.1 Å². The molecular weight excluding hydrogens is 193 g/mol. The van der Waals surface area contributed by atoms with Crippen LogP contribution in [0.15, 0.2) is 24.3 Å². The molecule has 0 spiro atoms. The fraction of sp³-hybridized carbons (Fsp3) is 0.417. The third kappa shape index (κ3) is 3.44. The number of rotatable bonds is 5. The lowest BCUT2D eigenvalue weighted by molar-refractivity contribution is -0.120. The predicted octanol–water partition coefficient (Wildman–Crippen LogP) is 1.94. The highest BCUT2D eigenvalue weighted by atomic mass is 19.1. The molecule has 82 valence electrons. The molecule has 0 fully saturated rings. The minimum Gasteiger partial charge on any atom is -0.310 e. The molecule has 1 rings (SSSR count). The average Bonchev–Trinajstić information content (AvgIpc) is 2.25. The lowest BCUT2D eigenvalue weighted by Crippen LogP contribution is -2.35. The minimum atomic E-state index is -0.258. The molecule has 1 aromatic rings. The second-order valence-electron chi connectivity index (χ2n) is 3.50. The third-order valence-electron chi connectivity index (χ3n) is 2.41. The van der Waals surface area contributed by atoms with Crippen molar-refractivity contribution in [3.63, 3.8) is 0 Å². The third-order valence-corrected chi connectivity index (χ3v) is 2.41. The maximum absolute atomic E-state index is 12.9. The molecule has 3 heteroatoms. The SMILES string of the molecule is CCC(=O)[C@@H](Cc1cccc(F)c1)NC. The van der Waals surface area contributed by atoms with Gasteiger partial charge in [0.25, 0.3) is 0 Å². The molecule has 1 atom stereocenters. The van der Waals surface area contributed by atoms with Crippen molar-refractivity contribution < 1.29 is 9.18 Å². The van der Waals surface area contributed by atoms with Crippen molar-refractivity contribution in [1.82, 2.24) is 5.32 Å². The van der Waals surface area contributed by atoms with Gasteiger partial charge in [-0.2, -0.15) is 0 Å². The average molecular weight is 209 g/mol. The van der Waals surface area contributed by atoms with E-state index < -0.39 is 0 Å². The number of carbonyl (C=O) groups is 1. The van der Waals surface area contributed by atoms with Crippen LogP contribution in [-0.4, -0.2) is 18.9 Å². The van der Waals surface area contributed by atoms with Crippen LogP contribution in [0.3, 0.4) is 0 Å². The Kier molecular flexibility index (Phi) is 4.43. The van der Waals surface area contributed by atoms with Gasteiger partial charge in [0.2, 0.25) is 0 Å². The summed E-state index contributed by atoms with van der Waals surface area (Å²) in [6.07, 6.45) is 1.04. The molecule has 0 saturated carbocycles. The monoisotopic (exact) mass is 209 g/mol. The number of ketones is 1. The maximum atomic E-state index is 12.9. The molecule has 0 unspecified atom stereocenters. The second-order valence-corrected chi connectivity index (χ2v) is 3.50. The van der Waals surface area contributed by atoms with Crippen LogP contribution in [0.2, 0.25) is 0 Å². The number of Topliss-reactive ketones (excluding diaryl/α,β-unsaturated/α-hetero) is 1. The van der Waals surface area contributed by atoms with Crippen LogP contribution >= 0.6 is 0 Å². The number of nitrogens with one attached hydrogen (secondary N) is 1. The Morgan fingerprint density at radius 1 is 1.53 bits per heavy atom. The van der Waals surface area contributed by atoms with E-state index in [9.17, 15) is 9.18 Å². The molecule has 0 aliphatic heterocycles. The number of carbonyl (C=O) groups excluding carboxylic acids is 1. The first-order chi connectivity index (χ1) is 7.17. The zero-order chi connectivity index (χ0) is 11.3. The number of likely N-dealkylation sites (N-methyl/N-ethyl adjacent to an activating group) is 1. The highest BCUT2D eigenvalue weighted by Gasteiger charge is 2.14. The number of hydrogen-bond donors (Lipinski definition) is 1. The summed E-state index contributed by atoms with van der Waals surface area (Å²) < 4.78 is 12.9. The summed E-state index contributed by atoms with van der Waals surface area (Å²) in [4.78, 5) is 11.5. The van der Waals surface area contributed by atoms with E-state index in [1.165, 1.54) is 12.1 Å². The van der Waals surface area contributed by atoms with Crippen molar-refractivity contribution in [1.29, 1.82) is 0 Å². The molecule has 1 N–H and O–H groups in total. The summed E-state index contributed by atoms with van der Waals surface area (Å²) in [6, 6.07) is 6.15. The molecule has 0 aliphatic rings. The fourth-order valence-corrected chi connectivity index (χ4v) is 1.52. The molecule has 0 saturated heterocycles. The zero-order valence-electron chi connectivity index (χ0n) is 9.09. The highest BCUT2D eigenvalue weighted by Crippen LogP contribution is 2.07. The Morgan fingerprint density at radius 3 is 2.80 bits per heavy atom. The quantitative estimate of drug-likeness (QED) is 0.803. The van der Waals surface area contributed by atoms with Gasteiger partial charge in [0.05, 0.1) is 6.04 Å². The van der Waals surface area contributed by atoms with Gasteiger partial charge in [-0.3, -0.25) is 4.79 Å². The van der Waals surface area contributed by atoms with Crippen LogP contribution in [0.5, 0.6) is 0 Å². The highest BCUT2D eigenvalue weighted by molar-refractivity contribution is 5.83. The Hall–Kier alpha value is -1.22. The van der Waals surface area contributed by atoms with Gasteiger partial charge in [0.15, 0.2) is 0 Å². The van der Waals surface area contributed by atoms with Crippen molar-refractivity contribution in [2.24, 2.45) is 0 Å². The van der Waals surface area contributed by atoms with Crippen molar-refractivity contribution in [2.45, 2.75) is 25.8 Å². The van der Waals surface area contributed by atoms with Gasteiger partial charge in [-0.1, -0.05) is 19.1 Å². The minimum absolute atomic E-state index is 0.154. The number of hydrogen-bond acceptors (Lipinski definition) is 2. The van der Waals surface area contributed by atoms with E-state index in [2.05, 4.69) is 5.32 Å². The molecule has 0 bridgehead atoms. The van der Waals surface area contributed by atoms with Crippen molar-refractivity contribution in [2.75, 3.05) is 7.05 Å². The predicted molar refractivity (Wildman–Crippen MR) is 58.2 cm³/mol. The van der Waals surface area contributed by atoms with E-state index in [-0.39, 0.29) is 17.6 Å². The van der Waals surface area contributed by atoms with Crippen molar-refractivity contribution in [3.05, 3.63) is 35.6 Å². The largest absolute Gasteiger partial charge is 0.310 e. The van der Waals surface area contributed by atoms with E-state index in [1.807, 2.05) is 13.0 Å². The van der Waals surface area contributed by atoms with Gasteiger partial charge in [-0.15, -0.1) is 0 Å². The summed E-state index contributed by atoms with van der Waals surface area (Å²) in [5, 5.41) is 2.95. The molecule has 2 nitrogen and oxygen atoms in total. The first-order valence-electron chi connectivity index (χ1n) is 5.11. The molecule has 0 radical (unpaired) electrons. The molecule has 1 aromatic carbocycles. The van der Waals surface area contributed by atoms with Crippen LogP contribution < -0.4 is 5.32 Å². The van der Waals surface area contributed by atoms with Crippen LogP contribution in [-0.2, 0) is 11.2 Å². The van der Waals surface area contributed by atoms with Crippen LogP contribution in [0.25, 0.3) is 0 Å². The van der Waals surface area contributed by atoms with Gasteiger partial charge >= 0.3 is 0 Å².